The molecule has 0 aliphatic carbocycles. The van der Waals surface area contributed by atoms with E-state index in [1.165, 1.54) is 0 Å². The number of piperidine rings is 1. The normalized spacial score (nSPS) is 16.4. The Morgan fingerprint density at radius 3 is 2.25 bits per heavy atom. The van der Waals surface area contributed by atoms with Crippen molar-refractivity contribution in [3.8, 4) is 0 Å². The molecular weight excluding hydrogens is 372 g/mol. The van der Waals surface area contributed by atoms with Gasteiger partial charge in [-0.15, -0.1) is 12.4 Å². The van der Waals surface area contributed by atoms with Gasteiger partial charge in [-0.1, -0.05) is 60.7 Å². The van der Waals surface area contributed by atoms with Crippen molar-refractivity contribution >= 4 is 18.3 Å². The molecule has 1 fully saturated rings. The molecule has 1 saturated heterocycles. The van der Waals surface area contributed by atoms with Crippen molar-refractivity contribution in [1.82, 2.24) is 20.4 Å². The molecule has 0 bridgehead atoms. The summed E-state index contributed by atoms with van der Waals surface area (Å²) in [6, 6.07) is 22.0. The fourth-order valence-electron chi connectivity index (χ4n) is 3.58. The second kappa shape index (κ2) is 9.53. The smallest absolute Gasteiger partial charge is 0.272 e. The van der Waals surface area contributed by atoms with Gasteiger partial charge in [0.25, 0.3) is 5.91 Å². The Morgan fingerprint density at radius 2 is 1.68 bits per heavy atom. The fourth-order valence-corrected chi connectivity index (χ4v) is 3.58. The molecule has 1 aromatic heterocycles. The number of benzene rings is 2. The zero-order chi connectivity index (χ0) is 18.5. The third kappa shape index (κ3) is 4.61. The lowest BCUT2D eigenvalue weighted by atomic mass is 9.98. The molecule has 2 N–H and O–H groups in total. The highest BCUT2D eigenvalue weighted by Gasteiger charge is 2.21. The molecule has 28 heavy (non-hydrogen) atoms. The zero-order valence-corrected chi connectivity index (χ0v) is 16.4. The maximum atomic E-state index is 12.9. The summed E-state index contributed by atoms with van der Waals surface area (Å²) in [6.07, 6.45) is 4.13. The predicted octanol–water partition coefficient (Wildman–Crippen LogP) is 3.75. The van der Waals surface area contributed by atoms with E-state index < -0.39 is 0 Å². The van der Waals surface area contributed by atoms with Crippen LogP contribution < -0.4 is 10.6 Å². The van der Waals surface area contributed by atoms with Gasteiger partial charge in [-0.25, -0.2) is 0 Å². The summed E-state index contributed by atoms with van der Waals surface area (Å²) in [6.45, 7) is 1.96. The van der Waals surface area contributed by atoms with E-state index in [2.05, 4.69) is 15.7 Å². The quantitative estimate of drug-likeness (QED) is 0.690. The van der Waals surface area contributed by atoms with E-state index in [0.29, 0.717) is 11.7 Å². The van der Waals surface area contributed by atoms with E-state index in [1.54, 1.807) is 6.07 Å². The molecule has 0 spiro atoms. The van der Waals surface area contributed by atoms with Crippen LogP contribution in [0.3, 0.4) is 0 Å². The van der Waals surface area contributed by atoms with Crippen molar-refractivity contribution in [3.63, 3.8) is 0 Å². The Balaban J connectivity index is 0.00000225. The number of carbonyl (C=O) groups excluding carboxylic acids is 1. The van der Waals surface area contributed by atoms with Crippen molar-refractivity contribution in [3.05, 3.63) is 89.7 Å². The molecule has 4 rings (SSSR count). The number of carbonyl (C=O) groups is 1. The first-order chi connectivity index (χ1) is 13.3. The molecule has 1 aliphatic rings. The van der Waals surface area contributed by atoms with Crippen LogP contribution in [0.25, 0.3) is 0 Å². The molecule has 2 heterocycles. The van der Waals surface area contributed by atoms with Crippen LogP contribution in [0.5, 0.6) is 0 Å². The molecule has 0 saturated carbocycles. The van der Waals surface area contributed by atoms with Gasteiger partial charge in [-0.05, 0) is 36.6 Å². The van der Waals surface area contributed by atoms with Crippen LogP contribution in [-0.4, -0.2) is 28.8 Å². The molecule has 6 heteroatoms. The lowest BCUT2D eigenvalue weighted by molar-refractivity contribution is 0.0936. The Hall–Kier alpha value is -2.63. The Bertz CT molecular complexity index is 836. The number of amides is 1. The van der Waals surface area contributed by atoms with Gasteiger partial charge in [0.2, 0.25) is 0 Å². The van der Waals surface area contributed by atoms with Gasteiger partial charge in [0, 0.05) is 12.7 Å². The number of hydrogen-bond donors (Lipinski definition) is 2. The summed E-state index contributed by atoms with van der Waals surface area (Å²) in [5, 5.41) is 11.1. The molecule has 2 aromatic carbocycles. The second-order valence-corrected chi connectivity index (χ2v) is 6.91. The summed E-state index contributed by atoms with van der Waals surface area (Å²) in [5.74, 6) is -0.157. The molecular formula is C22H25ClN4O. The Morgan fingerprint density at radius 1 is 1.04 bits per heavy atom. The number of nitrogens with one attached hydrogen (secondary N) is 2. The van der Waals surface area contributed by atoms with Gasteiger partial charge in [0.05, 0.1) is 12.1 Å². The predicted molar refractivity (Wildman–Crippen MR) is 113 cm³/mol. The molecule has 0 radical (unpaired) electrons. The number of halogens is 1. The topological polar surface area (TPSA) is 59.0 Å². The lowest BCUT2D eigenvalue weighted by Gasteiger charge is -2.23. The highest BCUT2D eigenvalue weighted by molar-refractivity contribution is 5.92. The van der Waals surface area contributed by atoms with Gasteiger partial charge >= 0.3 is 0 Å². The van der Waals surface area contributed by atoms with Crippen LogP contribution >= 0.6 is 12.4 Å². The molecule has 5 nitrogen and oxygen atoms in total. The van der Waals surface area contributed by atoms with Gasteiger partial charge < -0.3 is 10.6 Å². The largest absolute Gasteiger partial charge is 0.340 e. The van der Waals surface area contributed by atoms with Crippen LogP contribution in [0.1, 0.15) is 46.5 Å². The number of hydrogen-bond acceptors (Lipinski definition) is 3. The first kappa shape index (κ1) is 20.1. The highest BCUT2D eigenvalue weighted by atomic mass is 35.5. The summed E-state index contributed by atoms with van der Waals surface area (Å²) in [4.78, 5) is 12.9. The van der Waals surface area contributed by atoms with E-state index in [1.807, 2.05) is 71.5 Å². The van der Waals surface area contributed by atoms with Crippen molar-refractivity contribution in [2.75, 3.05) is 13.1 Å². The molecule has 1 amide bonds. The number of aromatic nitrogens is 2. The molecule has 1 unspecified atom stereocenters. The second-order valence-electron chi connectivity index (χ2n) is 6.91. The first-order valence-electron chi connectivity index (χ1n) is 9.48. The lowest BCUT2D eigenvalue weighted by Crippen LogP contribution is -2.32. The van der Waals surface area contributed by atoms with E-state index in [4.69, 9.17) is 0 Å². The number of rotatable bonds is 5. The van der Waals surface area contributed by atoms with Crippen molar-refractivity contribution in [1.29, 1.82) is 0 Å². The van der Waals surface area contributed by atoms with Crippen LogP contribution in [0.2, 0.25) is 0 Å². The third-order valence-electron chi connectivity index (χ3n) is 5.03. The summed E-state index contributed by atoms with van der Waals surface area (Å²) in [5.41, 5.74) is 2.55. The van der Waals surface area contributed by atoms with Gasteiger partial charge in [0.15, 0.2) is 0 Å². The highest BCUT2D eigenvalue weighted by Crippen LogP contribution is 2.22. The minimum absolute atomic E-state index is 0. The van der Waals surface area contributed by atoms with Crippen molar-refractivity contribution in [2.24, 2.45) is 0 Å². The van der Waals surface area contributed by atoms with E-state index in [-0.39, 0.29) is 24.4 Å². The van der Waals surface area contributed by atoms with E-state index in [9.17, 15) is 4.79 Å². The maximum Gasteiger partial charge on any atom is 0.272 e. The van der Waals surface area contributed by atoms with Crippen molar-refractivity contribution < 1.29 is 4.79 Å². The average molecular weight is 397 g/mol. The number of nitrogens with zero attached hydrogens (tertiary/aromatic N) is 2. The minimum Gasteiger partial charge on any atom is -0.340 e. The summed E-state index contributed by atoms with van der Waals surface area (Å²) in [7, 11) is 0. The van der Waals surface area contributed by atoms with Crippen LogP contribution in [0.4, 0.5) is 0 Å². The monoisotopic (exact) mass is 396 g/mol. The van der Waals surface area contributed by atoms with Crippen molar-refractivity contribution in [2.45, 2.75) is 24.9 Å². The van der Waals surface area contributed by atoms with Gasteiger partial charge in [-0.3, -0.25) is 9.48 Å². The summed E-state index contributed by atoms with van der Waals surface area (Å²) < 4.78 is 1.92. The van der Waals surface area contributed by atoms with E-state index in [0.717, 1.165) is 37.1 Å². The SMILES string of the molecule is Cl.O=C(NC(c1ccccc1)c1ccccc1)c1ccn(C2CCCNC2)n1. The third-order valence-corrected chi connectivity index (χ3v) is 5.03. The van der Waals surface area contributed by atoms with E-state index >= 15 is 0 Å². The molecule has 146 valence electrons. The Kier molecular flexibility index (Phi) is 6.85. The standard InChI is InChI=1S/C22H24N4O.ClH/c27-22(20-13-15-26(25-20)19-12-7-14-23-16-19)24-21(17-8-3-1-4-9-17)18-10-5-2-6-11-18;/h1-6,8-11,13,15,19,21,23H,7,12,14,16H2,(H,24,27);1H. The average Bonchev–Trinajstić information content (AvgIpc) is 3.24. The van der Waals surface area contributed by atoms with Gasteiger partial charge in [-0.2, -0.15) is 5.10 Å². The van der Waals surface area contributed by atoms with Crippen LogP contribution in [0.15, 0.2) is 72.9 Å². The molecule has 3 aromatic rings. The minimum atomic E-state index is -0.207. The first-order valence-corrected chi connectivity index (χ1v) is 9.48. The Labute approximate surface area is 171 Å². The fraction of sp³-hybridized carbons (Fsp3) is 0.273. The van der Waals surface area contributed by atoms with Gasteiger partial charge in [0.1, 0.15) is 5.69 Å². The van der Waals surface area contributed by atoms with Crippen LogP contribution in [-0.2, 0) is 0 Å². The van der Waals surface area contributed by atoms with Crippen LogP contribution in [0, 0.1) is 0 Å². The maximum absolute atomic E-state index is 12.9. The molecule has 1 atom stereocenters. The summed E-state index contributed by atoms with van der Waals surface area (Å²) >= 11 is 0. The zero-order valence-electron chi connectivity index (χ0n) is 15.6. The molecule has 1 aliphatic heterocycles.